The van der Waals surface area contributed by atoms with Gasteiger partial charge in [0.15, 0.2) is 5.82 Å². The van der Waals surface area contributed by atoms with Crippen molar-refractivity contribution in [3.63, 3.8) is 0 Å². The van der Waals surface area contributed by atoms with Crippen molar-refractivity contribution >= 4 is 54.1 Å². The Hall–Kier alpha value is -2.33. The van der Waals surface area contributed by atoms with Crippen LogP contribution < -0.4 is 10.1 Å². The van der Waals surface area contributed by atoms with Crippen LogP contribution in [0.2, 0.25) is 35.9 Å². The lowest BCUT2D eigenvalue weighted by molar-refractivity contribution is 0.0635. The topological polar surface area (TPSA) is 74.6 Å². The molecular weight excluding hydrogens is 512 g/mol. The highest BCUT2D eigenvalue weighted by molar-refractivity contribution is 6.76. The zero-order chi connectivity index (χ0) is 26.0. The van der Waals surface area contributed by atoms with Crippen LogP contribution in [0.5, 0.6) is 11.5 Å². The van der Waals surface area contributed by atoms with Gasteiger partial charge >= 0.3 is 6.09 Å². The molecule has 0 aliphatic heterocycles. The predicted octanol–water partition coefficient (Wildman–Crippen LogP) is 7.93. The molecule has 0 aliphatic rings. The van der Waals surface area contributed by atoms with E-state index in [1.165, 1.54) is 12.1 Å². The average Bonchev–Trinajstić information content (AvgIpc) is 2.96. The van der Waals surface area contributed by atoms with E-state index in [1.807, 2.05) is 0 Å². The van der Waals surface area contributed by atoms with Crippen LogP contribution in [-0.4, -0.2) is 35.9 Å². The molecule has 7 nitrogen and oxygen atoms in total. The number of fused-ring (bicyclic) bond motifs is 1. The standard InChI is InChI=1S/C24H30Cl2FN3O4Si/c1-24(2,3)34-23(31)29-17-8-7-15(13-16(17)27)33-18-9-10-28-22-19(18)20(25)21(26)30(22)14-32-11-12-35(4,5)6/h7-10,13H,11-12,14H2,1-6H3,(H,29,31). The molecular formula is C24H30Cl2FN3O4Si. The van der Waals surface area contributed by atoms with E-state index >= 15 is 0 Å². The van der Waals surface area contributed by atoms with Crippen LogP contribution in [0.25, 0.3) is 11.0 Å². The molecule has 0 unspecified atom stereocenters. The number of carbonyl (C=O) groups excluding carboxylic acids is 1. The molecule has 1 aromatic carbocycles. The van der Waals surface area contributed by atoms with E-state index in [-0.39, 0.29) is 28.3 Å². The van der Waals surface area contributed by atoms with Crippen molar-refractivity contribution in [2.45, 2.75) is 58.8 Å². The van der Waals surface area contributed by atoms with Gasteiger partial charge in [-0.3, -0.25) is 9.88 Å². The van der Waals surface area contributed by atoms with Crippen LogP contribution in [-0.2, 0) is 16.2 Å². The Labute approximate surface area is 215 Å². The lowest BCUT2D eigenvalue weighted by atomic mass is 10.2. The summed E-state index contributed by atoms with van der Waals surface area (Å²) in [6.07, 6.45) is 0.799. The van der Waals surface area contributed by atoms with E-state index in [0.717, 1.165) is 12.1 Å². The van der Waals surface area contributed by atoms with E-state index < -0.39 is 25.6 Å². The van der Waals surface area contributed by atoms with E-state index in [0.29, 0.717) is 23.4 Å². The minimum Gasteiger partial charge on any atom is -0.456 e. The third-order valence-corrected chi connectivity index (χ3v) is 7.37. The molecule has 0 saturated heterocycles. The van der Waals surface area contributed by atoms with Crippen LogP contribution in [0.15, 0.2) is 30.5 Å². The van der Waals surface area contributed by atoms with Gasteiger partial charge in [0.25, 0.3) is 0 Å². The maximum atomic E-state index is 14.6. The molecule has 2 aromatic heterocycles. The maximum absolute atomic E-state index is 14.6. The first-order valence-corrected chi connectivity index (χ1v) is 15.6. The molecule has 0 aliphatic carbocycles. The number of nitrogens with one attached hydrogen (secondary N) is 1. The van der Waals surface area contributed by atoms with Crippen molar-refractivity contribution in [3.8, 4) is 11.5 Å². The van der Waals surface area contributed by atoms with Crippen molar-refractivity contribution < 1.29 is 23.4 Å². The van der Waals surface area contributed by atoms with E-state index in [2.05, 4.69) is 29.9 Å². The molecule has 1 amide bonds. The molecule has 2 heterocycles. The maximum Gasteiger partial charge on any atom is 0.412 e. The van der Waals surface area contributed by atoms with Crippen molar-refractivity contribution in [1.29, 1.82) is 0 Å². The second kappa shape index (κ2) is 10.7. The van der Waals surface area contributed by atoms with Crippen LogP contribution >= 0.6 is 23.2 Å². The van der Waals surface area contributed by atoms with Gasteiger partial charge in [0, 0.05) is 26.9 Å². The number of carbonyl (C=O) groups is 1. The molecule has 3 aromatic rings. The number of nitrogens with zero attached hydrogens (tertiary/aromatic N) is 2. The smallest absolute Gasteiger partial charge is 0.412 e. The summed E-state index contributed by atoms with van der Waals surface area (Å²) >= 11 is 13.0. The Kier molecular flexibility index (Phi) is 8.36. The van der Waals surface area contributed by atoms with Crippen LogP contribution in [0, 0.1) is 5.82 Å². The largest absolute Gasteiger partial charge is 0.456 e. The number of aromatic nitrogens is 2. The van der Waals surface area contributed by atoms with Crippen LogP contribution in [0.3, 0.4) is 0 Å². The Morgan fingerprint density at radius 1 is 1.20 bits per heavy atom. The number of benzene rings is 1. The van der Waals surface area contributed by atoms with Crippen LogP contribution in [0.4, 0.5) is 14.9 Å². The van der Waals surface area contributed by atoms with Crippen molar-refractivity contribution in [1.82, 2.24) is 9.55 Å². The zero-order valence-corrected chi connectivity index (χ0v) is 23.2. The molecule has 11 heteroatoms. The molecule has 0 atom stereocenters. The number of anilines is 1. The number of hydrogen-bond donors (Lipinski definition) is 1. The Morgan fingerprint density at radius 2 is 1.91 bits per heavy atom. The number of ether oxygens (including phenoxy) is 3. The summed E-state index contributed by atoms with van der Waals surface area (Å²) in [6.45, 7) is 12.8. The van der Waals surface area contributed by atoms with Gasteiger partial charge < -0.3 is 14.2 Å². The number of halogens is 3. The van der Waals surface area contributed by atoms with Gasteiger partial charge in [0.05, 0.1) is 16.1 Å². The monoisotopic (exact) mass is 541 g/mol. The van der Waals surface area contributed by atoms with E-state index in [1.54, 1.807) is 37.6 Å². The number of amides is 1. The Bertz CT molecular complexity index is 1220. The lowest BCUT2D eigenvalue weighted by Crippen LogP contribution is -2.27. The lowest BCUT2D eigenvalue weighted by Gasteiger charge is -2.19. The molecule has 0 fully saturated rings. The molecule has 0 bridgehead atoms. The highest BCUT2D eigenvalue weighted by Crippen LogP contribution is 2.40. The average molecular weight is 543 g/mol. The quantitative estimate of drug-likeness (QED) is 0.231. The minimum atomic E-state index is -1.23. The molecule has 1 N–H and O–H groups in total. The fourth-order valence-corrected chi connectivity index (χ4v) is 4.36. The molecule has 35 heavy (non-hydrogen) atoms. The van der Waals surface area contributed by atoms with Gasteiger partial charge in [0.1, 0.15) is 34.6 Å². The van der Waals surface area contributed by atoms with Gasteiger partial charge in [-0.2, -0.15) is 0 Å². The predicted molar refractivity (Wildman–Crippen MR) is 140 cm³/mol. The minimum absolute atomic E-state index is 0.0332. The number of hydrogen-bond acceptors (Lipinski definition) is 5. The summed E-state index contributed by atoms with van der Waals surface area (Å²) < 4.78 is 33.2. The van der Waals surface area contributed by atoms with E-state index in [9.17, 15) is 9.18 Å². The van der Waals surface area contributed by atoms with Crippen molar-refractivity contribution in [2.24, 2.45) is 0 Å². The molecule has 3 rings (SSSR count). The normalized spacial score (nSPS) is 12.1. The first-order valence-electron chi connectivity index (χ1n) is 11.1. The summed E-state index contributed by atoms with van der Waals surface area (Å²) in [5.74, 6) is -0.123. The second-order valence-corrected chi connectivity index (χ2v) is 16.6. The van der Waals surface area contributed by atoms with Gasteiger partial charge in [0.2, 0.25) is 0 Å². The second-order valence-electron chi connectivity index (χ2n) is 10.3. The first-order chi connectivity index (χ1) is 16.2. The third-order valence-electron chi connectivity index (χ3n) is 4.81. The summed E-state index contributed by atoms with van der Waals surface area (Å²) in [4.78, 5) is 16.3. The zero-order valence-electron chi connectivity index (χ0n) is 20.7. The van der Waals surface area contributed by atoms with E-state index in [4.69, 9.17) is 37.4 Å². The molecule has 190 valence electrons. The van der Waals surface area contributed by atoms with Gasteiger partial charge in [-0.25, -0.2) is 14.2 Å². The SMILES string of the molecule is CC(C)(C)OC(=O)Nc1ccc(Oc2ccnc3c2c(Cl)c(Cl)n3COCC[Si](C)(C)C)cc1F. The highest BCUT2D eigenvalue weighted by atomic mass is 35.5. The Morgan fingerprint density at radius 3 is 2.54 bits per heavy atom. The summed E-state index contributed by atoms with van der Waals surface area (Å²) in [6, 6.07) is 6.70. The van der Waals surface area contributed by atoms with Gasteiger partial charge in [-0.05, 0) is 45.0 Å². The van der Waals surface area contributed by atoms with Crippen LogP contribution in [0.1, 0.15) is 20.8 Å². The Balaban J connectivity index is 1.79. The summed E-state index contributed by atoms with van der Waals surface area (Å²) in [5, 5.41) is 3.42. The fraction of sp³-hybridized carbons (Fsp3) is 0.417. The third kappa shape index (κ3) is 7.33. The number of rotatable bonds is 8. The number of pyridine rings is 1. The summed E-state index contributed by atoms with van der Waals surface area (Å²) in [7, 11) is -1.23. The fourth-order valence-electron chi connectivity index (χ4n) is 3.10. The van der Waals surface area contributed by atoms with Gasteiger partial charge in [-0.1, -0.05) is 42.8 Å². The van der Waals surface area contributed by atoms with Gasteiger partial charge in [-0.15, -0.1) is 0 Å². The highest BCUT2D eigenvalue weighted by Gasteiger charge is 2.21. The van der Waals surface area contributed by atoms with Crippen molar-refractivity contribution in [2.75, 3.05) is 11.9 Å². The summed E-state index contributed by atoms with van der Waals surface area (Å²) in [5.41, 5.74) is -0.240. The molecule has 0 saturated carbocycles. The first kappa shape index (κ1) is 27.3. The molecule has 0 spiro atoms. The molecule has 0 radical (unpaired) electrons. The van der Waals surface area contributed by atoms with Crippen molar-refractivity contribution in [3.05, 3.63) is 46.5 Å².